The molecule has 10 heteroatoms. The minimum Gasteiger partial charge on any atom is -0.342 e. The first-order valence-corrected chi connectivity index (χ1v) is 12.5. The Bertz CT molecular complexity index is 1170. The van der Waals surface area contributed by atoms with Gasteiger partial charge in [-0.1, -0.05) is 32.9 Å². The highest BCUT2D eigenvalue weighted by Gasteiger charge is 2.31. The average Bonchev–Trinajstić information content (AvgIpc) is 3.58. The number of hydrogen-bond donors (Lipinski definition) is 0. The van der Waals surface area contributed by atoms with Crippen LogP contribution in [0.4, 0.5) is 4.39 Å². The number of amides is 1. The standard InChI is InChI=1S/C25H33FN6O2.ClH/c1-4-21(33)31-13-8-17(15-31)14-30-11-9-18(10-12-30)24-27-25(29-34-24)32-23-19(6-5-7-20(23)26)22(28-32)16(2)3;/h5-7,16-18H,4,8-15H2,1-3H3;1H/t17-;/m1./s1. The summed E-state index contributed by atoms with van der Waals surface area (Å²) in [6.07, 6.45) is 3.56. The summed E-state index contributed by atoms with van der Waals surface area (Å²) in [5.74, 6) is 1.69. The number of fused-ring (bicyclic) bond motifs is 1. The Labute approximate surface area is 211 Å². The predicted octanol–water partition coefficient (Wildman–Crippen LogP) is 4.53. The highest BCUT2D eigenvalue weighted by Crippen LogP contribution is 2.31. The molecule has 0 unspecified atom stereocenters. The van der Waals surface area contributed by atoms with Crippen LogP contribution in [0.15, 0.2) is 22.7 Å². The van der Waals surface area contributed by atoms with Gasteiger partial charge in [0.15, 0.2) is 0 Å². The number of para-hydroxylation sites is 1. The molecular formula is C25H34ClFN6O2. The molecular weight excluding hydrogens is 471 g/mol. The molecule has 5 rings (SSSR count). The highest BCUT2D eigenvalue weighted by atomic mass is 35.5. The van der Waals surface area contributed by atoms with Crippen LogP contribution >= 0.6 is 12.4 Å². The van der Waals surface area contributed by atoms with E-state index >= 15 is 0 Å². The number of hydrogen-bond acceptors (Lipinski definition) is 6. The summed E-state index contributed by atoms with van der Waals surface area (Å²) in [7, 11) is 0. The number of halogens is 2. The second-order valence-corrected chi connectivity index (χ2v) is 9.94. The normalized spacial score (nSPS) is 19.6. The van der Waals surface area contributed by atoms with Crippen molar-refractivity contribution in [1.82, 2.24) is 29.7 Å². The summed E-state index contributed by atoms with van der Waals surface area (Å²) in [5, 5.41) is 9.56. The molecule has 0 N–H and O–H groups in total. The molecule has 35 heavy (non-hydrogen) atoms. The van der Waals surface area contributed by atoms with E-state index in [2.05, 4.69) is 20.1 Å². The van der Waals surface area contributed by atoms with Crippen molar-refractivity contribution in [1.29, 1.82) is 0 Å². The number of nitrogens with zero attached hydrogens (tertiary/aromatic N) is 6. The molecule has 2 aliphatic rings. The summed E-state index contributed by atoms with van der Waals surface area (Å²) in [6.45, 7) is 10.7. The maximum absolute atomic E-state index is 14.7. The van der Waals surface area contributed by atoms with E-state index in [0.717, 1.165) is 63.1 Å². The third-order valence-corrected chi connectivity index (χ3v) is 7.24. The number of aromatic nitrogens is 4. The van der Waals surface area contributed by atoms with Crippen molar-refractivity contribution in [2.24, 2.45) is 5.92 Å². The Kier molecular flexibility index (Phi) is 7.76. The first kappa shape index (κ1) is 25.6. The van der Waals surface area contributed by atoms with E-state index in [1.807, 2.05) is 31.7 Å². The molecule has 0 saturated carbocycles. The summed E-state index contributed by atoms with van der Waals surface area (Å²) in [5.41, 5.74) is 1.21. The molecule has 0 spiro atoms. The molecule has 4 heterocycles. The highest BCUT2D eigenvalue weighted by molar-refractivity contribution is 5.85. The second kappa shape index (κ2) is 10.6. The molecule has 0 bridgehead atoms. The fourth-order valence-corrected chi connectivity index (χ4v) is 5.36. The number of carbonyl (C=O) groups is 1. The van der Waals surface area contributed by atoms with Crippen LogP contribution in [0, 0.1) is 11.7 Å². The van der Waals surface area contributed by atoms with Gasteiger partial charge in [-0.3, -0.25) is 4.79 Å². The van der Waals surface area contributed by atoms with Gasteiger partial charge in [0, 0.05) is 37.4 Å². The Balaban J connectivity index is 0.00000289. The van der Waals surface area contributed by atoms with Crippen molar-refractivity contribution >= 4 is 29.2 Å². The third kappa shape index (κ3) is 5.07. The smallest absolute Gasteiger partial charge is 0.291 e. The van der Waals surface area contributed by atoms with Gasteiger partial charge in [0.2, 0.25) is 11.8 Å². The van der Waals surface area contributed by atoms with Gasteiger partial charge in [0.25, 0.3) is 5.95 Å². The molecule has 0 aliphatic carbocycles. The van der Waals surface area contributed by atoms with Gasteiger partial charge in [0.05, 0.1) is 5.69 Å². The van der Waals surface area contributed by atoms with Crippen molar-refractivity contribution < 1.29 is 13.7 Å². The van der Waals surface area contributed by atoms with E-state index in [1.54, 1.807) is 6.07 Å². The molecule has 2 aromatic heterocycles. The summed E-state index contributed by atoms with van der Waals surface area (Å²) >= 11 is 0. The summed E-state index contributed by atoms with van der Waals surface area (Å²) in [4.78, 5) is 21.1. The van der Waals surface area contributed by atoms with Crippen LogP contribution in [0.1, 0.15) is 69.9 Å². The maximum Gasteiger partial charge on any atom is 0.291 e. The molecule has 0 radical (unpaired) electrons. The lowest BCUT2D eigenvalue weighted by molar-refractivity contribution is -0.129. The zero-order valence-corrected chi connectivity index (χ0v) is 21.4. The Morgan fingerprint density at radius 3 is 2.69 bits per heavy atom. The number of rotatable bonds is 6. The van der Waals surface area contributed by atoms with Crippen LogP contribution in [-0.2, 0) is 4.79 Å². The fraction of sp³-hybridized carbons (Fsp3) is 0.600. The molecule has 3 aromatic rings. The van der Waals surface area contributed by atoms with Crippen molar-refractivity contribution in [3.05, 3.63) is 35.6 Å². The van der Waals surface area contributed by atoms with Gasteiger partial charge in [-0.05, 0) is 55.4 Å². The van der Waals surface area contributed by atoms with E-state index in [1.165, 1.54) is 10.7 Å². The molecule has 2 saturated heterocycles. The molecule has 1 amide bonds. The van der Waals surface area contributed by atoms with Gasteiger partial charge in [-0.2, -0.15) is 14.8 Å². The molecule has 1 aromatic carbocycles. The van der Waals surface area contributed by atoms with Crippen LogP contribution in [0.2, 0.25) is 0 Å². The van der Waals surface area contributed by atoms with Crippen LogP contribution in [-0.4, -0.2) is 68.4 Å². The zero-order valence-electron chi connectivity index (χ0n) is 20.6. The van der Waals surface area contributed by atoms with Crippen LogP contribution in [0.25, 0.3) is 16.9 Å². The van der Waals surface area contributed by atoms with E-state index < -0.39 is 0 Å². The quantitative estimate of drug-likeness (QED) is 0.490. The van der Waals surface area contributed by atoms with Crippen molar-refractivity contribution in [3.63, 3.8) is 0 Å². The van der Waals surface area contributed by atoms with E-state index in [-0.39, 0.29) is 41.9 Å². The van der Waals surface area contributed by atoms with Crippen LogP contribution in [0.3, 0.4) is 0 Å². The SMILES string of the molecule is CCC(=O)N1CC[C@H](CN2CCC(c3nc(-n4nc(C(C)C)c5cccc(F)c54)no3)CC2)C1.Cl. The Morgan fingerprint density at radius 2 is 1.97 bits per heavy atom. The maximum atomic E-state index is 14.7. The number of piperidine rings is 1. The van der Waals surface area contributed by atoms with Crippen LogP contribution in [0.5, 0.6) is 0 Å². The fourth-order valence-electron chi connectivity index (χ4n) is 5.36. The lowest BCUT2D eigenvalue weighted by Crippen LogP contribution is -2.37. The first-order valence-electron chi connectivity index (χ1n) is 12.5. The molecule has 1 atom stereocenters. The van der Waals surface area contributed by atoms with Crippen LogP contribution < -0.4 is 0 Å². The predicted molar refractivity (Wildman–Crippen MR) is 134 cm³/mol. The van der Waals surface area contributed by atoms with E-state index in [0.29, 0.717) is 23.7 Å². The largest absolute Gasteiger partial charge is 0.342 e. The summed E-state index contributed by atoms with van der Waals surface area (Å²) in [6, 6.07) is 5.02. The Hall–Kier alpha value is -2.52. The molecule has 8 nitrogen and oxygen atoms in total. The van der Waals surface area contributed by atoms with Gasteiger partial charge in [0.1, 0.15) is 11.3 Å². The summed E-state index contributed by atoms with van der Waals surface area (Å²) < 4.78 is 21.8. The van der Waals surface area contributed by atoms with Gasteiger partial charge < -0.3 is 14.3 Å². The van der Waals surface area contributed by atoms with Gasteiger partial charge >= 0.3 is 0 Å². The Morgan fingerprint density at radius 1 is 1.20 bits per heavy atom. The van der Waals surface area contributed by atoms with E-state index in [4.69, 9.17) is 4.52 Å². The minimum absolute atomic E-state index is 0. The number of likely N-dealkylation sites (tertiary alicyclic amines) is 2. The first-order chi connectivity index (χ1) is 16.4. The number of benzene rings is 1. The average molecular weight is 505 g/mol. The van der Waals surface area contributed by atoms with Crippen molar-refractivity contribution in [2.45, 2.75) is 58.3 Å². The van der Waals surface area contributed by atoms with Gasteiger partial charge in [-0.15, -0.1) is 12.4 Å². The van der Waals surface area contributed by atoms with Crippen molar-refractivity contribution in [3.8, 4) is 5.95 Å². The van der Waals surface area contributed by atoms with Gasteiger partial charge in [-0.25, -0.2) is 4.39 Å². The molecule has 2 aliphatic heterocycles. The monoisotopic (exact) mass is 504 g/mol. The molecule has 2 fully saturated rings. The minimum atomic E-state index is -0.345. The molecule has 190 valence electrons. The number of carbonyl (C=O) groups excluding carboxylic acids is 1. The third-order valence-electron chi connectivity index (χ3n) is 7.24. The lowest BCUT2D eigenvalue weighted by atomic mass is 9.95. The zero-order chi connectivity index (χ0) is 23.8. The lowest BCUT2D eigenvalue weighted by Gasteiger charge is -2.32. The van der Waals surface area contributed by atoms with Crippen molar-refractivity contribution in [2.75, 3.05) is 32.7 Å². The van der Waals surface area contributed by atoms with E-state index in [9.17, 15) is 9.18 Å². The second-order valence-electron chi connectivity index (χ2n) is 9.94. The topological polar surface area (TPSA) is 80.3 Å².